The number of H-pyrrole nitrogens is 1. The first-order chi connectivity index (χ1) is 16.1. The van der Waals surface area contributed by atoms with Crippen LogP contribution < -0.4 is 24.5 Å². The Hall–Kier alpha value is -4.19. The highest BCUT2D eigenvalue weighted by Crippen LogP contribution is 2.37. The van der Waals surface area contributed by atoms with Gasteiger partial charge in [-0.1, -0.05) is 43.0 Å². The van der Waals surface area contributed by atoms with E-state index >= 15 is 0 Å². The first-order valence-corrected chi connectivity index (χ1v) is 10.4. The number of aromatic nitrogens is 1. The molecule has 0 atom stereocenters. The van der Waals surface area contributed by atoms with E-state index in [1.165, 1.54) is 7.11 Å². The normalized spacial score (nSPS) is 10.6. The molecule has 0 fully saturated rings. The number of ether oxygens (including phenoxy) is 4. The molecule has 0 amide bonds. The molecule has 4 rings (SSSR count). The van der Waals surface area contributed by atoms with Gasteiger partial charge in [0, 0.05) is 11.3 Å². The van der Waals surface area contributed by atoms with E-state index in [1.807, 2.05) is 48.5 Å². The Morgan fingerprint density at radius 1 is 0.848 bits per heavy atom. The largest absolute Gasteiger partial charge is 0.493 e. The van der Waals surface area contributed by atoms with E-state index in [0.29, 0.717) is 40.7 Å². The summed E-state index contributed by atoms with van der Waals surface area (Å²) in [5.74, 6) is 2.19. The Balaban J connectivity index is 1.79. The maximum atomic E-state index is 12.9. The van der Waals surface area contributed by atoms with E-state index in [-0.39, 0.29) is 5.56 Å². The zero-order valence-electron chi connectivity index (χ0n) is 18.8. The molecule has 0 bridgehead atoms. The highest BCUT2D eigenvalue weighted by atomic mass is 16.5. The topological polar surface area (TPSA) is 69.8 Å². The van der Waals surface area contributed by atoms with Crippen molar-refractivity contribution in [1.29, 1.82) is 0 Å². The predicted octanol–water partition coefficient (Wildman–Crippen LogP) is 5.44. The average Bonchev–Trinajstić information content (AvgIpc) is 2.86. The first-order valence-electron chi connectivity index (χ1n) is 10.4. The fraction of sp³-hybridized carbons (Fsp3) is 0.148. The summed E-state index contributed by atoms with van der Waals surface area (Å²) in [7, 11) is 4.69. The van der Waals surface area contributed by atoms with Gasteiger partial charge in [-0.15, -0.1) is 0 Å². The standard InChI is InChI=1S/C27H25NO5/c1-5-18-12-26(33-16-17-9-7-6-8-10-17)25(32-4)14-20(18)22-11-19-13-23(30-2)24(31-3)15-21(19)27(29)28-22/h5-15H,1,16H2,2-4H3,(H,28,29). The minimum atomic E-state index is -0.234. The number of pyridine rings is 1. The van der Waals surface area contributed by atoms with Crippen molar-refractivity contribution in [2.75, 3.05) is 21.3 Å². The molecule has 0 aliphatic rings. The molecule has 0 saturated carbocycles. The van der Waals surface area contributed by atoms with E-state index < -0.39 is 0 Å². The maximum absolute atomic E-state index is 12.9. The van der Waals surface area contributed by atoms with Crippen LogP contribution in [-0.4, -0.2) is 26.3 Å². The summed E-state index contributed by atoms with van der Waals surface area (Å²) in [6.45, 7) is 4.35. The van der Waals surface area contributed by atoms with Crippen molar-refractivity contribution in [1.82, 2.24) is 4.98 Å². The van der Waals surface area contributed by atoms with Crippen molar-refractivity contribution in [2.45, 2.75) is 6.61 Å². The van der Waals surface area contributed by atoms with E-state index in [4.69, 9.17) is 18.9 Å². The Bertz CT molecular complexity index is 1360. The van der Waals surface area contributed by atoms with Crippen LogP contribution in [0.3, 0.4) is 0 Å². The molecule has 0 saturated heterocycles. The SMILES string of the molecule is C=Cc1cc(OCc2ccccc2)c(OC)cc1-c1cc2cc(OC)c(OC)cc2c(=O)[nH]1. The first kappa shape index (κ1) is 22.0. The van der Waals surface area contributed by atoms with Gasteiger partial charge in [0.05, 0.1) is 26.7 Å². The van der Waals surface area contributed by atoms with Gasteiger partial charge >= 0.3 is 0 Å². The summed E-state index contributed by atoms with van der Waals surface area (Å²) in [6.07, 6.45) is 1.72. The molecule has 0 radical (unpaired) electrons. The van der Waals surface area contributed by atoms with Crippen molar-refractivity contribution >= 4 is 16.8 Å². The fourth-order valence-corrected chi connectivity index (χ4v) is 3.72. The Labute approximate surface area is 192 Å². The molecule has 0 aliphatic carbocycles. The van der Waals surface area contributed by atoms with Crippen LogP contribution in [0.5, 0.6) is 23.0 Å². The van der Waals surface area contributed by atoms with Gasteiger partial charge in [-0.3, -0.25) is 4.79 Å². The molecule has 33 heavy (non-hydrogen) atoms. The summed E-state index contributed by atoms with van der Waals surface area (Å²) >= 11 is 0. The van der Waals surface area contributed by atoms with Crippen LogP contribution in [0.4, 0.5) is 0 Å². The van der Waals surface area contributed by atoms with Crippen LogP contribution in [-0.2, 0) is 6.61 Å². The van der Waals surface area contributed by atoms with Gasteiger partial charge in [-0.05, 0) is 46.8 Å². The second-order valence-corrected chi connectivity index (χ2v) is 7.38. The van der Waals surface area contributed by atoms with Crippen LogP contribution >= 0.6 is 0 Å². The van der Waals surface area contributed by atoms with E-state index in [1.54, 1.807) is 32.4 Å². The molecule has 3 aromatic carbocycles. The third kappa shape index (κ3) is 4.41. The zero-order chi connectivity index (χ0) is 23.4. The number of hydrogen-bond acceptors (Lipinski definition) is 5. The Morgan fingerprint density at radius 3 is 2.18 bits per heavy atom. The molecule has 0 unspecified atom stereocenters. The monoisotopic (exact) mass is 443 g/mol. The fourth-order valence-electron chi connectivity index (χ4n) is 3.72. The second kappa shape index (κ2) is 9.53. The number of benzene rings is 3. The number of hydrogen-bond donors (Lipinski definition) is 1. The van der Waals surface area contributed by atoms with Gasteiger partial charge in [-0.25, -0.2) is 0 Å². The number of aromatic amines is 1. The smallest absolute Gasteiger partial charge is 0.256 e. The highest BCUT2D eigenvalue weighted by molar-refractivity contribution is 5.89. The zero-order valence-corrected chi connectivity index (χ0v) is 18.8. The van der Waals surface area contributed by atoms with Crippen LogP contribution in [0.1, 0.15) is 11.1 Å². The molecule has 168 valence electrons. The van der Waals surface area contributed by atoms with Crippen molar-refractivity contribution < 1.29 is 18.9 Å². The van der Waals surface area contributed by atoms with Crippen molar-refractivity contribution in [3.8, 4) is 34.3 Å². The van der Waals surface area contributed by atoms with Gasteiger partial charge in [0.25, 0.3) is 5.56 Å². The van der Waals surface area contributed by atoms with Crippen molar-refractivity contribution in [2.24, 2.45) is 0 Å². The maximum Gasteiger partial charge on any atom is 0.256 e. The minimum Gasteiger partial charge on any atom is -0.493 e. The van der Waals surface area contributed by atoms with E-state index in [9.17, 15) is 4.79 Å². The summed E-state index contributed by atoms with van der Waals surface area (Å²) < 4.78 is 22.3. The van der Waals surface area contributed by atoms with Gasteiger partial charge in [0.15, 0.2) is 23.0 Å². The van der Waals surface area contributed by atoms with Gasteiger partial charge < -0.3 is 23.9 Å². The molecule has 6 heteroatoms. The molecule has 0 aliphatic heterocycles. The number of rotatable bonds is 8. The molecule has 1 heterocycles. The van der Waals surface area contributed by atoms with Crippen molar-refractivity contribution in [3.05, 3.63) is 88.7 Å². The van der Waals surface area contributed by atoms with E-state index in [2.05, 4.69) is 11.6 Å². The molecule has 4 aromatic rings. The highest BCUT2D eigenvalue weighted by Gasteiger charge is 2.15. The van der Waals surface area contributed by atoms with Crippen molar-refractivity contribution in [3.63, 3.8) is 0 Å². The molecular formula is C27H25NO5. The predicted molar refractivity (Wildman–Crippen MR) is 131 cm³/mol. The summed E-state index contributed by atoms with van der Waals surface area (Å²) in [5.41, 5.74) is 3.01. The van der Waals surface area contributed by atoms with E-state index in [0.717, 1.165) is 22.1 Å². The van der Waals surface area contributed by atoms with Crippen LogP contribution in [0.25, 0.3) is 28.1 Å². The summed E-state index contributed by atoms with van der Waals surface area (Å²) in [4.78, 5) is 15.8. The average molecular weight is 443 g/mol. The summed E-state index contributed by atoms with van der Waals surface area (Å²) in [6, 6.07) is 19.0. The molecule has 0 spiro atoms. The lowest BCUT2D eigenvalue weighted by Crippen LogP contribution is -2.08. The molecule has 1 N–H and O–H groups in total. The van der Waals surface area contributed by atoms with Crippen LogP contribution in [0.15, 0.2) is 72.0 Å². The lowest BCUT2D eigenvalue weighted by atomic mass is 10.0. The second-order valence-electron chi connectivity index (χ2n) is 7.38. The quantitative estimate of drug-likeness (QED) is 0.393. The number of nitrogens with one attached hydrogen (secondary N) is 1. The Morgan fingerprint density at radius 2 is 1.52 bits per heavy atom. The molecule has 1 aromatic heterocycles. The van der Waals surface area contributed by atoms with Gasteiger partial charge in [-0.2, -0.15) is 0 Å². The lowest BCUT2D eigenvalue weighted by molar-refractivity contribution is 0.284. The molecular weight excluding hydrogens is 418 g/mol. The minimum absolute atomic E-state index is 0.234. The third-order valence-electron chi connectivity index (χ3n) is 5.43. The third-order valence-corrected chi connectivity index (χ3v) is 5.43. The molecule has 6 nitrogen and oxygen atoms in total. The number of fused-ring (bicyclic) bond motifs is 1. The Kier molecular flexibility index (Phi) is 6.36. The van der Waals surface area contributed by atoms with Gasteiger partial charge in [0.1, 0.15) is 6.61 Å². The lowest BCUT2D eigenvalue weighted by Gasteiger charge is -2.16. The van der Waals surface area contributed by atoms with Crippen LogP contribution in [0.2, 0.25) is 0 Å². The van der Waals surface area contributed by atoms with Crippen LogP contribution in [0, 0.1) is 0 Å². The van der Waals surface area contributed by atoms with Gasteiger partial charge in [0.2, 0.25) is 0 Å². The summed E-state index contributed by atoms with van der Waals surface area (Å²) in [5, 5.41) is 1.23. The number of methoxy groups -OCH3 is 3.